The Morgan fingerprint density at radius 2 is 2.14 bits per heavy atom. The third-order valence-corrected chi connectivity index (χ3v) is 5.38. The summed E-state index contributed by atoms with van der Waals surface area (Å²) < 4.78 is 0. The smallest absolute Gasteiger partial charge is 0.0908 e. The van der Waals surface area contributed by atoms with Gasteiger partial charge >= 0.3 is 0 Å². The van der Waals surface area contributed by atoms with Gasteiger partial charge in [0.15, 0.2) is 0 Å². The minimum absolute atomic E-state index is 0.467. The highest BCUT2D eigenvalue weighted by Gasteiger charge is 2.38. The maximum Gasteiger partial charge on any atom is 0.0908 e. The Morgan fingerprint density at radius 1 is 1.24 bits per heavy atom. The van der Waals surface area contributed by atoms with Gasteiger partial charge in [-0.1, -0.05) is 23.8 Å². The molecule has 2 bridgehead atoms. The molecule has 1 N–H and O–H groups in total. The van der Waals surface area contributed by atoms with Crippen molar-refractivity contribution in [3.05, 3.63) is 47.6 Å². The second kappa shape index (κ2) is 5.03. The van der Waals surface area contributed by atoms with Gasteiger partial charge in [0.25, 0.3) is 0 Å². The molecule has 2 aromatic rings. The molecule has 0 aliphatic heterocycles. The molecule has 108 valence electrons. The summed E-state index contributed by atoms with van der Waals surface area (Å²) in [7, 11) is 0. The number of rotatable bonds is 3. The molecule has 1 fully saturated rings. The van der Waals surface area contributed by atoms with Gasteiger partial charge in [0.05, 0.1) is 10.5 Å². The molecule has 1 heterocycles. The van der Waals surface area contributed by atoms with E-state index in [1.165, 1.54) is 12.8 Å². The van der Waals surface area contributed by atoms with Crippen LogP contribution in [0.5, 0.6) is 0 Å². The van der Waals surface area contributed by atoms with Gasteiger partial charge in [0.1, 0.15) is 0 Å². The van der Waals surface area contributed by atoms with E-state index in [4.69, 9.17) is 11.6 Å². The van der Waals surface area contributed by atoms with Gasteiger partial charge in [0, 0.05) is 23.3 Å². The first-order valence-electron chi connectivity index (χ1n) is 7.70. The van der Waals surface area contributed by atoms with E-state index in [2.05, 4.69) is 41.5 Å². The highest BCUT2D eigenvalue weighted by Crippen LogP contribution is 2.45. The fourth-order valence-corrected chi connectivity index (χ4v) is 4.23. The zero-order chi connectivity index (χ0) is 14.4. The van der Waals surface area contributed by atoms with Crippen molar-refractivity contribution >= 4 is 28.2 Å². The zero-order valence-corrected chi connectivity index (χ0v) is 12.8. The maximum atomic E-state index is 6.24. The van der Waals surface area contributed by atoms with Gasteiger partial charge in [-0.3, -0.25) is 4.98 Å². The normalized spacial score (nSPS) is 28.2. The van der Waals surface area contributed by atoms with Crippen molar-refractivity contribution in [1.82, 2.24) is 4.98 Å². The fourth-order valence-electron chi connectivity index (χ4n) is 4.01. The van der Waals surface area contributed by atoms with Gasteiger partial charge in [-0.05, 0) is 61.8 Å². The van der Waals surface area contributed by atoms with Crippen molar-refractivity contribution in [2.45, 2.75) is 25.8 Å². The first-order valence-corrected chi connectivity index (χ1v) is 8.08. The maximum absolute atomic E-state index is 6.24. The van der Waals surface area contributed by atoms with E-state index in [9.17, 15) is 0 Å². The number of hydrogen-bond donors (Lipinski definition) is 1. The molecular formula is C18H19ClN2. The van der Waals surface area contributed by atoms with E-state index in [-0.39, 0.29) is 0 Å². The molecule has 0 spiro atoms. The Labute approximate surface area is 130 Å². The Hall–Kier alpha value is -1.54. The Bertz CT molecular complexity index is 709. The SMILES string of the molecule is CC(Nc1ccc(Cl)c2ncccc12)C1CC2C=CC1C2. The van der Waals surface area contributed by atoms with Gasteiger partial charge in [-0.2, -0.15) is 0 Å². The van der Waals surface area contributed by atoms with Crippen molar-refractivity contribution in [3.8, 4) is 0 Å². The molecular weight excluding hydrogens is 280 g/mol. The summed E-state index contributed by atoms with van der Waals surface area (Å²) in [4.78, 5) is 4.40. The number of aromatic nitrogens is 1. The number of pyridine rings is 1. The first kappa shape index (κ1) is 13.1. The van der Waals surface area contributed by atoms with E-state index in [0.29, 0.717) is 11.1 Å². The zero-order valence-electron chi connectivity index (χ0n) is 12.1. The molecule has 1 aromatic carbocycles. The van der Waals surface area contributed by atoms with Crippen LogP contribution in [0.1, 0.15) is 19.8 Å². The fraction of sp³-hybridized carbons (Fsp3) is 0.389. The Balaban J connectivity index is 1.63. The molecule has 4 unspecified atom stereocenters. The summed E-state index contributed by atoms with van der Waals surface area (Å²) in [5, 5.41) is 5.53. The van der Waals surface area contributed by atoms with Crippen molar-refractivity contribution in [2.24, 2.45) is 17.8 Å². The Morgan fingerprint density at radius 3 is 2.90 bits per heavy atom. The predicted octanol–water partition coefficient (Wildman–Crippen LogP) is 4.90. The van der Waals surface area contributed by atoms with Crippen LogP contribution < -0.4 is 5.32 Å². The summed E-state index contributed by atoms with van der Waals surface area (Å²) in [5.41, 5.74) is 2.02. The number of benzene rings is 1. The highest BCUT2D eigenvalue weighted by atomic mass is 35.5. The molecule has 3 heteroatoms. The van der Waals surface area contributed by atoms with Crippen molar-refractivity contribution < 1.29 is 0 Å². The molecule has 2 aliphatic carbocycles. The lowest BCUT2D eigenvalue weighted by Crippen LogP contribution is -2.28. The molecule has 21 heavy (non-hydrogen) atoms. The first-order chi connectivity index (χ1) is 10.2. The quantitative estimate of drug-likeness (QED) is 0.815. The number of hydrogen-bond acceptors (Lipinski definition) is 2. The van der Waals surface area contributed by atoms with Crippen molar-refractivity contribution in [2.75, 3.05) is 5.32 Å². The second-order valence-corrected chi connectivity index (χ2v) is 6.78. The molecule has 0 radical (unpaired) electrons. The lowest BCUT2D eigenvalue weighted by Gasteiger charge is -2.27. The lowest BCUT2D eigenvalue weighted by atomic mass is 9.87. The number of nitrogens with zero attached hydrogens (tertiary/aromatic N) is 1. The summed E-state index contributed by atoms with van der Waals surface area (Å²) >= 11 is 6.24. The molecule has 1 saturated carbocycles. The van der Waals surface area contributed by atoms with Crippen LogP contribution in [0.2, 0.25) is 5.02 Å². The van der Waals surface area contributed by atoms with Crippen molar-refractivity contribution in [3.63, 3.8) is 0 Å². The van der Waals surface area contributed by atoms with Crippen LogP contribution >= 0.6 is 11.6 Å². The van der Waals surface area contributed by atoms with E-state index in [0.717, 1.165) is 34.3 Å². The summed E-state index contributed by atoms with van der Waals surface area (Å²) in [6.07, 6.45) is 9.27. The number of anilines is 1. The molecule has 2 aliphatic rings. The van der Waals surface area contributed by atoms with E-state index < -0.39 is 0 Å². The third-order valence-electron chi connectivity index (χ3n) is 5.08. The minimum atomic E-state index is 0.467. The van der Waals surface area contributed by atoms with E-state index in [1.807, 2.05) is 12.1 Å². The number of allylic oxidation sites excluding steroid dienone is 2. The molecule has 4 rings (SSSR count). The van der Waals surface area contributed by atoms with Gasteiger partial charge in [-0.25, -0.2) is 0 Å². The van der Waals surface area contributed by atoms with Crippen LogP contribution in [-0.2, 0) is 0 Å². The van der Waals surface area contributed by atoms with Crippen molar-refractivity contribution in [1.29, 1.82) is 0 Å². The molecule has 1 aromatic heterocycles. The third kappa shape index (κ3) is 2.22. The molecule has 4 atom stereocenters. The predicted molar refractivity (Wildman–Crippen MR) is 88.7 cm³/mol. The summed E-state index contributed by atoms with van der Waals surface area (Å²) in [6.45, 7) is 2.30. The topological polar surface area (TPSA) is 24.9 Å². The summed E-state index contributed by atoms with van der Waals surface area (Å²) in [6, 6.07) is 8.53. The number of fused-ring (bicyclic) bond motifs is 3. The van der Waals surface area contributed by atoms with Crippen LogP contribution in [-0.4, -0.2) is 11.0 Å². The van der Waals surface area contributed by atoms with Gasteiger partial charge < -0.3 is 5.32 Å². The average molecular weight is 299 g/mol. The van der Waals surface area contributed by atoms with E-state index in [1.54, 1.807) is 6.20 Å². The molecule has 0 amide bonds. The standard InChI is InChI=1S/C18H19ClN2/c1-11(15-10-12-4-5-13(15)9-12)21-17-7-6-16(19)18-14(17)3-2-8-20-18/h2-8,11-13,15,21H,9-10H2,1H3. The largest absolute Gasteiger partial charge is 0.382 e. The summed E-state index contributed by atoms with van der Waals surface area (Å²) in [5.74, 6) is 2.31. The minimum Gasteiger partial charge on any atom is -0.382 e. The molecule has 0 saturated heterocycles. The van der Waals surface area contributed by atoms with Gasteiger partial charge in [-0.15, -0.1) is 0 Å². The monoisotopic (exact) mass is 298 g/mol. The van der Waals surface area contributed by atoms with Crippen LogP contribution in [0.25, 0.3) is 10.9 Å². The molecule has 2 nitrogen and oxygen atoms in total. The van der Waals surface area contributed by atoms with Gasteiger partial charge in [0.2, 0.25) is 0 Å². The number of halogens is 1. The highest BCUT2D eigenvalue weighted by molar-refractivity contribution is 6.35. The lowest BCUT2D eigenvalue weighted by molar-refractivity contribution is 0.400. The second-order valence-electron chi connectivity index (χ2n) is 6.37. The van der Waals surface area contributed by atoms with Crippen LogP contribution in [0.15, 0.2) is 42.6 Å². The number of nitrogens with one attached hydrogen (secondary N) is 1. The average Bonchev–Trinajstić information content (AvgIpc) is 3.13. The van der Waals surface area contributed by atoms with Crippen LogP contribution in [0, 0.1) is 17.8 Å². The van der Waals surface area contributed by atoms with Crippen LogP contribution in [0.3, 0.4) is 0 Å². The van der Waals surface area contributed by atoms with E-state index >= 15 is 0 Å². The van der Waals surface area contributed by atoms with Crippen LogP contribution in [0.4, 0.5) is 5.69 Å². The Kier molecular flexibility index (Phi) is 3.15.